The van der Waals surface area contributed by atoms with Gasteiger partial charge in [-0.3, -0.25) is 0 Å². The third-order valence-electron chi connectivity index (χ3n) is 4.58. The highest BCUT2D eigenvalue weighted by atomic mass is 79.9. The van der Waals surface area contributed by atoms with E-state index < -0.39 is 0 Å². The molecule has 2 aromatic carbocycles. The number of aromatic nitrogens is 2. The lowest BCUT2D eigenvalue weighted by Gasteiger charge is -2.08. The number of benzene rings is 2. The fraction of sp³-hybridized carbons (Fsp3) is 0.286. The molecule has 5 rings (SSSR count). The van der Waals surface area contributed by atoms with Gasteiger partial charge in [0.25, 0.3) is 0 Å². The second-order valence-electron chi connectivity index (χ2n) is 6.82. The van der Waals surface area contributed by atoms with Crippen molar-refractivity contribution in [2.75, 3.05) is 26.4 Å². The normalized spacial score (nSPS) is 20.0. The van der Waals surface area contributed by atoms with Gasteiger partial charge in [-0.25, -0.2) is 4.68 Å². The Morgan fingerprint density at radius 2 is 1.68 bits per heavy atom. The monoisotopic (exact) mass is 442 g/mol. The van der Waals surface area contributed by atoms with E-state index >= 15 is 0 Å². The van der Waals surface area contributed by atoms with Crippen molar-refractivity contribution in [3.63, 3.8) is 0 Å². The lowest BCUT2D eigenvalue weighted by atomic mass is 10.1. The first-order valence-corrected chi connectivity index (χ1v) is 9.99. The van der Waals surface area contributed by atoms with Crippen LogP contribution in [0.3, 0.4) is 0 Å². The van der Waals surface area contributed by atoms with E-state index in [1.165, 1.54) is 0 Å². The van der Waals surface area contributed by atoms with E-state index in [1.54, 1.807) is 0 Å². The van der Waals surface area contributed by atoms with Crippen LogP contribution in [0, 0.1) is 0 Å². The second-order valence-corrected chi connectivity index (χ2v) is 7.67. The largest absolute Gasteiger partial charge is 0.491 e. The molecule has 3 heterocycles. The molecule has 1 aromatic heterocycles. The van der Waals surface area contributed by atoms with Gasteiger partial charge >= 0.3 is 0 Å². The number of epoxide rings is 2. The van der Waals surface area contributed by atoms with Gasteiger partial charge in [-0.05, 0) is 64.5 Å². The molecule has 144 valence electrons. The number of hydrogen-bond donors (Lipinski definition) is 0. The maximum atomic E-state index is 5.76. The highest BCUT2D eigenvalue weighted by Gasteiger charge is 2.24. The summed E-state index contributed by atoms with van der Waals surface area (Å²) < 4.78 is 24.5. The Kier molecular flexibility index (Phi) is 4.80. The van der Waals surface area contributed by atoms with E-state index in [4.69, 9.17) is 24.0 Å². The van der Waals surface area contributed by atoms with Crippen molar-refractivity contribution in [1.82, 2.24) is 9.78 Å². The summed E-state index contributed by atoms with van der Waals surface area (Å²) in [5, 5.41) is 4.69. The van der Waals surface area contributed by atoms with Crippen LogP contribution in [-0.2, 0) is 9.47 Å². The fourth-order valence-electron chi connectivity index (χ4n) is 2.79. The van der Waals surface area contributed by atoms with E-state index in [1.807, 2.05) is 59.4 Å². The van der Waals surface area contributed by atoms with Crippen molar-refractivity contribution < 1.29 is 18.9 Å². The number of ether oxygens (including phenoxy) is 4. The summed E-state index contributed by atoms with van der Waals surface area (Å²) in [6, 6.07) is 15.9. The van der Waals surface area contributed by atoms with Crippen LogP contribution in [0.25, 0.3) is 16.9 Å². The minimum absolute atomic E-state index is 0.237. The van der Waals surface area contributed by atoms with Gasteiger partial charge in [0.05, 0.1) is 29.1 Å². The smallest absolute Gasteiger partial charge is 0.133 e. The molecule has 28 heavy (non-hydrogen) atoms. The van der Waals surface area contributed by atoms with Crippen molar-refractivity contribution in [3.05, 3.63) is 59.2 Å². The predicted molar refractivity (Wildman–Crippen MR) is 107 cm³/mol. The van der Waals surface area contributed by atoms with Gasteiger partial charge in [0.2, 0.25) is 0 Å². The van der Waals surface area contributed by atoms with E-state index in [0.717, 1.165) is 46.1 Å². The minimum Gasteiger partial charge on any atom is -0.491 e. The highest BCUT2D eigenvalue weighted by Crippen LogP contribution is 2.31. The lowest BCUT2D eigenvalue weighted by Crippen LogP contribution is -2.04. The molecular formula is C21H19BrN2O4. The molecule has 0 amide bonds. The zero-order valence-electron chi connectivity index (χ0n) is 15.1. The van der Waals surface area contributed by atoms with E-state index in [0.29, 0.717) is 13.2 Å². The first-order valence-electron chi connectivity index (χ1n) is 9.19. The number of halogens is 1. The Balaban J connectivity index is 1.27. The third-order valence-corrected chi connectivity index (χ3v) is 5.20. The third kappa shape index (κ3) is 4.22. The Morgan fingerprint density at radius 1 is 0.964 bits per heavy atom. The molecular weight excluding hydrogens is 424 g/mol. The van der Waals surface area contributed by atoms with Crippen molar-refractivity contribution in [1.29, 1.82) is 0 Å². The highest BCUT2D eigenvalue weighted by molar-refractivity contribution is 9.10. The Hall–Kier alpha value is -2.35. The summed E-state index contributed by atoms with van der Waals surface area (Å²) >= 11 is 3.58. The summed E-state index contributed by atoms with van der Waals surface area (Å²) in [6.07, 6.45) is 2.44. The number of nitrogens with zero attached hydrogens (tertiary/aromatic N) is 2. The summed E-state index contributed by atoms with van der Waals surface area (Å²) in [6.45, 7) is 2.77. The molecule has 0 saturated carbocycles. The topological polar surface area (TPSA) is 61.3 Å². The summed E-state index contributed by atoms with van der Waals surface area (Å²) in [5.74, 6) is 1.65. The predicted octanol–water partition coefficient (Wildman–Crippen LogP) is 3.86. The second kappa shape index (κ2) is 7.58. The Morgan fingerprint density at radius 3 is 2.36 bits per heavy atom. The van der Waals surface area contributed by atoms with Crippen LogP contribution < -0.4 is 9.47 Å². The first-order chi connectivity index (χ1) is 13.7. The summed E-state index contributed by atoms with van der Waals surface area (Å²) in [4.78, 5) is 0. The minimum atomic E-state index is 0.237. The van der Waals surface area contributed by atoms with E-state index in [9.17, 15) is 0 Å². The molecule has 0 aliphatic carbocycles. The molecule has 2 aliphatic heterocycles. The van der Waals surface area contributed by atoms with Crippen molar-refractivity contribution in [3.8, 4) is 28.4 Å². The standard InChI is InChI=1S/C21H19BrN2O4/c22-19-9-14(1-6-21(19)28-13-18-12-27-18)20-7-8-24(23-20)15-2-4-16(5-3-15)25-10-17-11-26-17/h1-9,17-18H,10-13H2. The molecule has 2 unspecified atom stereocenters. The van der Waals surface area contributed by atoms with Gasteiger partial charge in [0, 0.05) is 11.8 Å². The first kappa shape index (κ1) is 17.7. The van der Waals surface area contributed by atoms with Gasteiger partial charge in [-0.2, -0.15) is 5.10 Å². The maximum absolute atomic E-state index is 5.76. The van der Waals surface area contributed by atoms with Crippen LogP contribution in [0.2, 0.25) is 0 Å². The van der Waals surface area contributed by atoms with Crippen molar-refractivity contribution >= 4 is 15.9 Å². The average molecular weight is 443 g/mol. The van der Waals surface area contributed by atoms with Crippen LogP contribution in [0.1, 0.15) is 0 Å². The van der Waals surface area contributed by atoms with Gasteiger partial charge in [-0.1, -0.05) is 0 Å². The molecule has 0 radical (unpaired) electrons. The summed E-state index contributed by atoms with van der Waals surface area (Å²) in [5.41, 5.74) is 2.89. The zero-order chi connectivity index (χ0) is 18.9. The average Bonchev–Trinajstić information content (AvgIpc) is 3.65. The van der Waals surface area contributed by atoms with E-state index in [-0.39, 0.29) is 12.2 Å². The van der Waals surface area contributed by atoms with Crippen LogP contribution >= 0.6 is 15.9 Å². The zero-order valence-corrected chi connectivity index (χ0v) is 16.7. The molecule has 3 aromatic rings. The quantitative estimate of drug-likeness (QED) is 0.495. The van der Waals surface area contributed by atoms with Crippen LogP contribution in [0.5, 0.6) is 11.5 Å². The number of hydrogen-bond acceptors (Lipinski definition) is 5. The lowest BCUT2D eigenvalue weighted by molar-refractivity contribution is 0.262. The van der Waals surface area contributed by atoms with Crippen molar-refractivity contribution in [2.24, 2.45) is 0 Å². The summed E-state index contributed by atoms with van der Waals surface area (Å²) in [7, 11) is 0. The van der Waals surface area contributed by atoms with Gasteiger partial charge in [-0.15, -0.1) is 0 Å². The molecule has 0 N–H and O–H groups in total. The molecule has 2 fully saturated rings. The van der Waals surface area contributed by atoms with Crippen molar-refractivity contribution in [2.45, 2.75) is 12.2 Å². The van der Waals surface area contributed by atoms with Crippen LogP contribution in [0.4, 0.5) is 0 Å². The van der Waals surface area contributed by atoms with Crippen LogP contribution in [-0.4, -0.2) is 48.4 Å². The molecule has 2 atom stereocenters. The SMILES string of the molecule is Brc1cc(-c2ccn(-c3ccc(OCC4CO4)cc3)n2)ccc1OCC1CO1. The molecule has 2 saturated heterocycles. The molecule has 0 spiro atoms. The molecule has 2 aliphatic rings. The molecule has 6 nitrogen and oxygen atoms in total. The van der Waals surface area contributed by atoms with Gasteiger partial charge in [0.15, 0.2) is 0 Å². The maximum Gasteiger partial charge on any atom is 0.133 e. The van der Waals surface area contributed by atoms with Gasteiger partial charge < -0.3 is 18.9 Å². The molecule has 7 heteroatoms. The Labute approximate surface area is 171 Å². The van der Waals surface area contributed by atoms with E-state index in [2.05, 4.69) is 15.9 Å². The van der Waals surface area contributed by atoms with Crippen LogP contribution in [0.15, 0.2) is 59.2 Å². The van der Waals surface area contributed by atoms with Gasteiger partial charge in [0.1, 0.15) is 36.9 Å². The Bertz CT molecular complexity index is 965. The fourth-order valence-corrected chi connectivity index (χ4v) is 3.29. The number of rotatable bonds is 8. The molecule has 0 bridgehead atoms.